The molecule has 0 aliphatic rings. The zero-order valence-electron chi connectivity index (χ0n) is 15.3. The third-order valence-corrected chi connectivity index (χ3v) is 5.73. The molecule has 2 rings (SSSR count). The smallest absolute Gasteiger partial charge is 0.387 e. The van der Waals surface area contributed by atoms with Crippen molar-refractivity contribution in [1.29, 1.82) is 0 Å². The summed E-state index contributed by atoms with van der Waals surface area (Å²) in [5.41, 5.74) is 0.488. The minimum absolute atomic E-state index is 0.0228. The number of sulfonamides is 1. The Morgan fingerprint density at radius 1 is 1.18 bits per heavy atom. The third kappa shape index (κ3) is 4.73. The maximum absolute atomic E-state index is 12.7. The monoisotopic (exact) mass is 416 g/mol. The van der Waals surface area contributed by atoms with Gasteiger partial charge in [-0.15, -0.1) is 0 Å². The molecule has 0 heterocycles. The van der Waals surface area contributed by atoms with Gasteiger partial charge in [0.25, 0.3) is 5.69 Å². The van der Waals surface area contributed by atoms with E-state index in [4.69, 9.17) is 4.74 Å². The summed E-state index contributed by atoms with van der Waals surface area (Å²) in [6, 6.07) is 7.69. The van der Waals surface area contributed by atoms with E-state index in [-0.39, 0.29) is 28.6 Å². The Labute approximate surface area is 160 Å². The standard InChI is InChI=1S/C17H18F2N2O6S/c1-11-4-6-13(9-14(11)21(22)23)28(24,25)20(2)10-12-5-7-15(27-17(18)19)16(8-12)26-3/h4-9,17H,10H2,1-3H3. The number of ether oxygens (including phenoxy) is 2. The molecule has 11 heteroatoms. The van der Waals surface area contributed by atoms with Gasteiger partial charge in [0.05, 0.1) is 16.9 Å². The molecule has 0 atom stereocenters. The molecule has 0 amide bonds. The van der Waals surface area contributed by atoms with E-state index in [2.05, 4.69) is 4.74 Å². The van der Waals surface area contributed by atoms with Crippen LogP contribution in [0.5, 0.6) is 11.5 Å². The summed E-state index contributed by atoms with van der Waals surface area (Å²) >= 11 is 0. The van der Waals surface area contributed by atoms with Gasteiger partial charge < -0.3 is 9.47 Å². The summed E-state index contributed by atoms with van der Waals surface area (Å²) in [5, 5.41) is 11.1. The number of hydrogen-bond acceptors (Lipinski definition) is 6. The Kier molecular flexibility index (Phi) is 6.52. The minimum atomic E-state index is -4.02. The molecule has 2 aromatic rings. The van der Waals surface area contributed by atoms with E-state index in [1.54, 1.807) is 0 Å². The van der Waals surface area contributed by atoms with E-state index < -0.39 is 21.6 Å². The van der Waals surface area contributed by atoms with Crippen LogP contribution in [-0.2, 0) is 16.6 Å². The van der Waals surface area contributed by atoms with E-state index in [0.717, 1.165) is 10.4 Å². The lowest BCUT2D eigenvalue weighted by Crippen LogP contribution is -2.26. The van der Waals surface area contributed by atoms with Crippen molar-refractivity contribution in [3.63, 3.8) is 0 Å². The number of halogens is 2. The fraction of sp³-hybridized carbons (Fsp3) is 0.294. The first-order valence-electron chi connectivity index (χ1n) is 7.89. The molecule has 2 aromatic carbocycles. The van der Waals surface area contributed by atoms with Gasteiger partial charge in [0.15, 0.2) is 11.5 Å². The van der Waals surface area contributed by atoms with Crippen LogP contribution >= 0.6 is 0 Å². The van der Waals surface area contributed by atoms with Gasteiger partial charge in [-0.2, -0.15) is 13.1 Å². The number of nitro benzene ring substituents is 1. The predicted molar refractivity (Wildman–Crippen MR) is 96.1 cm³/mol. The molecule has 8 nitrogen and oxygen atoms in total. The van der Waals surface area contributed by atoms with Crippen LogP contribution in [0.3, 0.4) is 0 Å². The fourth-order valence-electron chi connectivity index (χ4n) is 2.47. The summed E-state index contributed by atoms with van der Waals surface area (Å²) in [4.78, 5) is 10.2. The maximum atomic E-state index is 12.7. The topological polar surface area (TPSA) is 99.0 Å². The number of alkyl halides is 2. The molecule has 0 N–H and O–H groups in total. The molecule has 0 aliphatic heterocycles. The molecular weight excluding hydrogens is 398 g/mol. The molecule has 0 unspecified atom stereocenters. The van der Waals surface area contributed by atoms with Crippen LogP contribution in [0.1, 0.15) is 11.1 Å². The first-order chi connectivity index (χ1) is 13.1. The number of nitrogens with zero attached hydrogens (tertiary/aromatic N) is 2. The molecule has 28 heavy (non-hydrogen) atoms. The van der Waals surface area contributed by atoms with Crippen molar-refractivity contribution in [2.45, 2.75) is 25.0 Å². The van der Waals surface area contributed by atoms with Crippen molar-refractivity contribution >= 4 is 15.7 Å². The number of rotatable bonds is 8. The Morgan fingerprint density at radius 3 is 2.43 bits per heavy atom. The summed E-state index contributed by atoms with van der Waals surface area (Å²) in [7, 11) is -1.45. The zero-order valence-corrected chi connectivity index (χ0v) is 16.1. The number of hydrogen-bond donors (Lipinski definition) is 0. The predicted octanol–water partition coefficient (Wildman–Crippen LogP) is 3.33. The second-order valence-electron chi connectivity index (χ2n) is 5.83. The van der Waals surface area contributed by atoms with Gasteiger partial charge in [0, 0.05) is 25.2 Å². The average molecular weight is 416 g/mol. The van der Waals surface area contributed by atoms with Crippen LogP contribution in [-0.4, -0.2) is 38.4 Å². The Balaban J connectivity index is 2.30. The maximum Gasteiger partial charge on any atom is 0.387 e. The normalized spacial score (nSPS) is 11.7. The lowest BCUT2D eigenvalue weighted by molar-refractivity contribution is -0.385. The Bertz CT molecular complexity index is 982. The van der Waals surface area contributed by atoms with Crippen LogP contribution in [0.2, 0.25) is 0 Å². The molecular formula is C17H18F2N2O6S. The molecule has 0 radical (unpaired) electrons. The van der Waals surface area contributed by atoms with Crippen LogP contribution in [0.4, 0.5) is 14.5 Å². The summed E-state index contributed by atoms with van der Waals surface area (Å²) in [6.45, 7) is -1.64. The third-order valence-electron chi connectivity index (χ3n) is 3.93. The van der Waals surface area contributed by atoms with Gasteiger partial charge in [-0.1, -0.05) is 12.1 Å². The van der Waals surface area contributed by atoms with Gasteiger partial charge in [-0.05, 0) is 30.7 Å². The highest BCUT2D eigenvalue weighted by molar-refractivity contribution is 7.89. The number of nitro groups is 1. The van der Waals surface area contributed by atoms with Gasteiger partial charge in [0.2, 0.25) is 10.0 Å². The molecule has 0 fully saturated rings. The van der Waals surface area contributed by atoms with E-state index in [0.29, 0.717) is 11.1 Å². The lowest BCUT2D eigenvalue weighted by atomic mass is 10.2. The largest absolute Gasteiger partial charge is 0.493 e. The van der Waals surface area contributed by atoms with Crippen molar-refractivity contribution < 1.29 is 31.6 Å². The van der Waals surface area contributed by atoms with E-state index in [1.165, 1.54) is 51.4 Å². The molecule has 152 valence electrons. The molecule has 0 aliphatic carbocycles. The number of aryl methyl sites for hydroxylation is 1. The Morgan fingerprint density at radius 2 is 1.86 bits per heavy atom. The van der Waals surface area contributed by atoms with E-state index in [9.17, 15) is 27.3 Å². The second-order valence-corrected chi connectivity index (χ2v) is 7.88. The van der Waals surface area contributed by atoms with E-state index in [1.807, 2.05) is 0 Å². The Hall–Kier alpha value is -2.79. The highest BCUT2D eigenvalue weighted by Crippen LogP contribution is 2.31. The highest BCUT2D eigenvalue weighted by Gasteiger charge is 2.24. The van der Waals surface area contributed by atoms with Crippen molar-refractivity contribution in [1.82, 2.24) is 4.31 Å². The molecule has 0 aromatic heterocycles. The quantitative estimate of drug-likeness (QED) is 0.483. The average Bonchev–Trinajstić information content (AvgIpc) is 2.62. The molecule has 0 spiro atoms. The molecule has 0 bridgehead atoms. The fourth-order valence-corrected chi connectivity index (χ4v) is 3.65. The second kappa shape index (κ2) is 8.48. The zero-order chi connectivity index (χ0) is 21.1. The molecule has 0 saturated carbocycles. The highest BCUT2D eigenvalue weighted by atomic mass is 32.2. The first kappa shape index (κ1) is 21.5. The van der Waals surface area contributed by atoms with Crippen LogP contribution < -0.4 is 9.47 Å². The van der Waals surface area contributed by atoms with Gasteiger partial charge in [-0.25, -0.2) is 8.42 Å². The van der Waals surface area contributed by atoms with Crippen LogP contribution in [0.25, 0.3) is 0 Å². The van der Waals surface area contributed by atoms with Gasteiger partial charge >= 0.3 is 6.61 Å². The van der Waals surface area contributed by atoms with Gasteiger partial charge in [0.1, 0.15) is 0 Å². The summed E-state index contributed by atoms with van der Waals surface area (Å²) < 4.78 is 60.6. The SMILES string of the molecule is COc1cc(CN(C)S(=O)(=O)c2ccc(C)c([N+](=O)[O-])c2)ccc1OC(F)F. The van der Waals surface area contributed by atoms with E-state index >= 15 is 0 Å². The minimum Gasteiger partial charge on any atom is -0.493 e. The number of methoxy groups -OCH3 is 1. The summed E-state index contributed by atoms with van der Waals surface area (Å²) in [5.74, 6) is -0.157. The van der Waals surface area contributed by atoms with Crippen LogP contribution in [0, 0.1) is 17.0 Å². The van der Waals surface area contributed by atoms with Crippen molar-refractivity contribution in [3.05, 3.63) is 57.6 Å². The first-order valence-corrected chi connectivity index (χ1v) is 9.33. The lowest BCUT2D eigenvalue weighted by Gasteiger charge is -2.18. The van der Waals surface area contributed by atoms with Crippen molar-refractivity contribution in [2.75, 3.05) is 14.2 Å². The van der Waals surface area contributed by atoms with Gasteiger partial charge in [-0.3, -0.25) is 10.1 Å². The van der Waals surface area contributed by atoms with Crippen LogP contribution in [0.15, 0.2) is 41.3 Å². The summed E-state index contributed by atoms with van der Waals surface area (Å²) in [6.07, 6.45) is 0. The molecule has 0 saturated heterocycles. The van der Waals surface area contributed by atoms with Crippen molar-refractivity contribution in [2.24, 2.45) is 0 Å². The van der Waals surface area contributed by atoms with Crippen molar-refractivity contribution in [3.8, 4) is 11.5 Å². The number of benzene rings is 2.